The van der Waals surface area contributed by atoms with Crippen molar-refractivity contribution < 1.29 is 0 Å². The number of aromatic amines is 1. The molecule has 1 unspecified atom stereocenters. The van der Waals surface area contributed by atoms with Crippen molar-refractivity contribution in [2.24, 2.45) is 7.05 Å². The highest BCUT2D eigenvalue weighted by molar-refractivity contribution is 6.30. The fourth-order valence-electron chi connectivity index (χ4n) is 3.84. The molecule has 6 heteroatoms. The zero-order chi connectivity index (χ0) is 18.1. The number of nitrogens with zero attached hydrogens (tertiary/aromatic N) is 4. The maximum atomic E-state index is 6.04. The van der Waals surface area contributed by atoms with Crippen LogP contribution in [0.25, 0.3) is 11.1 Å². The summed E-state index contributed by atoms with van der Waals surface area (Å²) in [6.07, 6.45) is 6.31. The Hall–Kier alpha value is -2.11. The van der Waals surface area contributed by atoms with Gasteiger partial charge in [-0.15, -0.1) is 0 Å². The minimum absolute atomic E-state index is 0.467. The van der Waals surface area contributed by atoms with Gasteiger partial charge in [-0.2, -0.15) is 10.2 Å². The molecular weight excluding hydrogens is 346 g/mol. The molecule has 1 N–H and O–H groups in total. The zero-order valence-corrected chi connectivity index (χ0v) is 16.0. The average molecular weight is 370 g/mol. The van der Waals surface area contributed by atoms with E-state index >= 15 is 0 Å². The minimum atomic E-state index is 0.467. The van der Waals surface area contributed by atoms with Crippen molar-refractivity contribution in [1.82, 2.24) is 24.9 Å². The highest BCUT2D eigenvalue weighted by atomic mass is 35.5. The molecule has 3 heterocycles. The maximum Gasteiger partial charge on any atom is 0.0568 e. The molecule has 0 bridgehead atoms. The molecule has 0 amide bonds. The second-order valence-corrected chi connectivity index (χ2v) is 7.59. The minimum Gasteiger partial charge on any atom is -0.298 e. The van der Waals surface area contributed by atoms with Gasteiger partial charge in [-0.05, 0) is 44.0 Å². The van der Waals surface area contributed by atoms with Gasteiger partial charge in [0, 0.05) is 53.6 Å². The van der Waals surface area contributed by atoms with Crippen molar-refractivity contribution in [3.63, 3.8) is 0 Å². The molecule has 136 valence electrons. The predicted octanol–water partition coefficient (Wildman–Crippen LogP) is 4.15. The molecule has 5 nitrogen and oxygen atoms in total. The fraction of sp³-hybridized carbons (Fsp3) is 0.400. The van der Waals surface area contributed by atoms with Gasteiger partial charge in [0.2, 0.25) is 0 Å². The van der Waals surface area contributed by atoms with Crippen LogP contribution in [-0.2, 0) is 13.6 Å². The van der Waals surface area contributed by atoms with E-state index < -0.39 is 0 Å². The molecule has 0 saturated carbocycles. The number of H-pyrrole nitrogens is 1. The van der Waals surface area contributed by atoms with Crippen LogP contribution in [0, 0.1) is 6.92 Å². The number of aryl methyl sites for hydroxylation is 1. The lowest BCUT2D eigenvalue weighted by Gasteiger charge is -2.32. The van der Waals surface area contributed by atoms with Crippen LogP contribution >= 0.6 is 11.6 Å². The Bertz CT molecular complexity index is 880. The monoisotopic (exact) mass is 369 g/mol. The van der Waals surface area contributed by atoms with Gasteiger partial charge < -0.3 is 0 Å². The topological polar surface area (TPSA) is 49.7 Å². The largest absolute Gasteiger partial charge is 0.298 e. The summed E-state index contributed by atoms with van der Waals surface area (Å²) >= 11 is 6.04. The van der Waals surface area contributed by atoms with Crippen LogP contribution in [-0.4, -0.2) is 38.0 Å². The molecule has 1 aromatic carbocycles. The molecule has 1 fully saturated rings. The lowest BCUT2D eigenvalue weighted by Crippen LogP contribution is -2.34. The first-order chi connectivity index (χ1) is 12.6. The number of hydrogen-bond acceptors (Lipinski definition) is 3. The summed E-state index contributed by atoms with van der Waals surface area (Å²) in [6, 6.07) is 8.00. The van der Waals surface area contributed by atoms with E-state index in [0.29, 0.717) is 5.92 Å². The third kappa shape index (κ3) is 3.41. The molecule has 1 aliphatic heterocycles. The van der Waals surface area contributed by atoms with Crippen LogP contribution in [0.15, 0.2) is 36.7 Å². The Kier molecular flexibility index (Phi) is 4.83. The smallest absolute Gasteiger partial charge is 0.0568 e. The van der Waals surface area contributed by atoms with Crippen LogP contribution in [0.2, 0.25) is 5.02 Å². The number of piperidine rings is 1. The number of aromatic nitrogens is 4. The van der Waals surface area contributed by atoms with Crippen LogP contribution in [0.4, 0.5) is 0 Å². The van der Waals surface area contributed by atoms with Gasteiger partial charge in [0.25, 0.3) is 0 Å². The number of benzene rings is 1. The lowest BCUT2D eigenvalue weighted by atomic mass is 9.90. The second-order valence-electron chi connectivity index (χ2n) is 7.16. The fourth-order valence-corrected chi connectivity index (χ4v) is 3.97. The Balaban J connectivity index is 1.53. The van der Waals surface area contributed by atoms with E-state index in [2.05, 4.69) is 39.3 Å². The third-order valence-electron chi connectivity index (χ3n) is 5.47. The molecule has 3 aromatic rings. The van der Waals surface area contributed by atoms with Crippen molar-refractivity contribution in [2.45, 2.75) is 32.2 Å². The molecule has 1 aliphatic rings. The Labute approximate surface area is 159 Å². The van der Waals surface area contributed by atoms with E-state index in [-0.39, 0.29) is 0 Å². The average Bonchev–Trinajstić information content (AvgIpc) is 3.25. The van der Waals surface area contributed by atoms with Crippen molar-refractivity contribution in [1.29, 1.82) is 0 Å². The summed E-state index contributed by atoms with van der Waals surface area (Å²) in [6.45, 7) is 5.27. The van der Waals surface area contributed by atoms with Crippen LogP contribution < -0.4 is 0 Å². The van der Waals surface area contributed by atoms with Crippen LogP contribution in [0.3, 0.4) is 0 Å². The first-order valence-corrected chi connectivity index (χ1v) is 9.48. The Morgan fingerprint density at radius 2 is 2.04 bits per heavy atom. The van der Waals surface area contributed by atoms with Crippen molar-refractivity contribution >= 4 is 11.6 Å². The molecule has 1 atom stereocenters. The highest BCUT2D eigenvalue weighted by Gasteiger charge is 2.25. The normalized spacial score (nSPS) is 18.3. The lowest BCUT2D eigenvalue weighted by molar-refractivity contribution is 0.198. The van der Waals surface area contributed by atoms with Gasteiger partial charge in [0.1, 0.15) is 0 Å². The third-order valence-corrected chi connectivity index (χ3v) is 5.72. The number of hydrogen-bond donors (Lipinski definition) is 1. The van der Waals surface area contributed by atoms with E-state index in [1.807, 2.05) is 36.3 Å². The maximum absolute atomic E-state index is 6.04. The first kappa shape index (κ1) is 17.3. The summed E-state index contributed by atoms with van der Waals surface area (Å²) < 4.78 is 1.95. The molecule has 2 aromatic heterocycles. The molecular formula is C20H24ClN5. The zero-order valence-electron chi connectivity index (χ0n) is 15.2. The van der Waals surface area contributed by atoms with Gasteiger partial charge in [-0.1, -0.05) is 23.7 Å². The summed E-state index contributed by atoms with van der Waals surface area (Å²) in [7, 11) is 2.00. The number of likely N-dealkylation sites (tertiary alicyclic amines) is 1. The van der Waals surface area contributed by atoms with Gasteiger partial charge >= 0.3 is 0 Å². The van der Waals surface area contributed by atoms with Crippen molar-refractivity contribution in [3.8, 4) is 11.1 Å². The second kappa shape index (κ2) is 7.25. The SMILES string of the molecule is Cc1c(CN2CCCC(c3[nH]ncc3-c3ccc(Cl)cc3)C2)cnn1C. The molecule has 0 aliphatic carbocycles. The van der Waals surface area contributed by atoms with E-state index in [1.54, 1.807) is 0 Å². The quantitative estimate of drug-likeness (QED) is 0.751. The van der Waals surface area contributed by atoms with Crippen LogP contribution in [0.5, 0.6) is 0 Å². The summed E-state index contributed by atoms with van der Waals surface area (Å²) in [5.74, 6) is 0.467. The molecule has 4 rings (SSSR count). The van der Waals surface area contributed by atoms with Gasteiger partial charge in [-0.25, -0.2) is 0 Å². The molecule has 1 saturated heterocycles. The summed E-state index contributed by atoms with van der Waals surface area (Å²) in [5.41, 5.74) is 6.15. The molecule has 0 radical (unpaired) electrons. The number of nitrogens with one attached hydrogen (secondary N) is 1. The Morgan fingerprint density at radius 3 is 2.77 bits per heavy atom. The highest BCUT2D eigenvalue weighted by Crippen LogP contribution is 2.33. The number of halogens is 1. The van der Waals surface area contributed by atoms with E-state index in [4.69, 9.17) is 11.6 Å². The van der Waals surface area contributed by atoms with Crippen molar-refractivity contribution in [3.05, 3.63) is 58.6 Å². The number of rotatable bonds is 4. The first-order valence-electron chi connectivity index (χ1n) is 9.11. The van der Waals surface area contributed by atoms with E-state index in [0.717, 1.165) is 24.7 Å². The summed E-state index contributed by atoms with van der Waals surface area (Å²) in [4.78, 5) is 2.53. The van der Waals surface area contributed by atoms with Gasteiger partial charge in [-0.3, -0.25) is 14.7 Å². The standard InChI is InChI=1S/C20H24ClN5/c1-14-17(10-23-25(14)2)13-26-9-3-4-16(12-26)20-19(11-22-24-20)15-5-7-18(21)8-6-15/h5-8,10-11,16H,3-4,9,12-13H2,1-2H3,(H,22,24). The van der Waals surface area contributed by atoms with E-state index in [1.165, 1.54) is 40.9 Å². The van der Waals surface area contributed by atoms with Crippen molar-refractivity contribution in [2.75, 3.05) is 13.1 Å². The van der Waals surface area contributed by atoms with Gasteiger partial charge in [0.05, 0.1) is 12.4 Å². The van der Waals surface area contributed by atoms with E-state index in [9.17, 15) is 0 Å². The molecule has 0 spiro atoms. The van der Waals surface area contributed by atoms with Gasteiger partial charge in [0.15, 0.2) is 0 Å². The molecule has 26 heavy (non-hydrogen) atoms. The van der Waals surface area contributed by atoms with Crippen LogP contribution in [0.1, 0.15) is 35.7 Å². The Morgan fingerprint density at radius 1 is 1.23 bits per heavy atom. The summed E-state index contributed by atoms with van der Waals surface area (Å²) in [5, 5.41) is 12.7. The predicted molar refractivity (Wildman–Crippen MR) is 104 cm³/mol.